The van der Waals surface area contributed by atoms with Crippen LogP contribution >= 0.6 is 23.2 Å². The van der Waals surface area contributed by atoms with E-state index < -0.39 is 34.5 Å². The van der Waals surface area contributed by atoms with Crippen molar-refractivity contribution in [3.05, 3.63) is 63.9 Å². The zero-order chi connectivity index (χ0) is 27.2. The second kappa shape index (κ2) is 12.7. The fraction of sp³-hybridized carbons (Fsp3) is 0.417. The standard InChI is InChI=1S/C24H31Cl2FN4O4S/c1-16(2)13-28-24(33)17(3)30(14-18-6-11-21(25)22(26)12-18)23(32)15-31(36(34,35)29(4)5)20-9-7-19(27)8-10-20/h6-12,16-17H,13-15H2,1-5H3,(H,28,33)/t17-/m1/s1. The van der Waals surface area contributed by atoms with Gasteiger partial charge in [-0.15, -0.1) is 0 Å². The van der Waals surface area contributed by atoms with Crippen molar-refractivity contribution in [2.24, 2.45) is 5.92 Å². The molecule has 1 atom stereocenters. The Morgan fingerprint density at radius 1 is 1.00 bits per heavy atom. The molecule has 0 radical (unpaired) electrons. The molecule has 0 aromatic heterocycles. The van der Waals surface area contributed by atoms with Crippen LogP contribution in [0, 0.1) is 11.7 Å². The highest BCUT2D eigenvalue weighted by molar-refractivity contribution is 7.90. The van der Waals surface area contributed by atoms with Gasteiger partial charge in [0.1, 0.15) is 18.4 Å². The van der Waals surface area contributed by atoms with E-state index in [2.05, 4.69) is 5.32 Å². The zero-order valence-corrected chi connectivity index (χ0v) is 23.2. The molecule has 0 heterocycles. The topological polar surface area (TPSA) is 90.0 Å². The predicted octanol–water partition coefficient (Wildman–Crippen LogP) is 3.93. The van der Waals surface area contributed by atoms with Crippen LogP contribution in [0.3, 0.4) is 0 Å². The molecule has 2 amide bonds. The van der Waals surface area contributed by atoms with Crippen LogP contribution in [0.4, 0.5) is 10.1 Å². The van der Waals surface area contributed by atoms with Crippen molar-refractivity contribution in [2.75, 3.05) is 31.5 Å². The van der Waals surface area contributed by atoms with E-state index in [9.17, 15) is 22.4 Å². The molecule has 2 rings (SSSR count). The lowest BCUT2D eigenvalue weighted by Crippen LogP contribution is -2.52. The van der Waals surface area contributed by atoms with Gasteiger partial charge in [0.05, 0.1) is 15.7 Å². The average molecular weight is 562 g/mol. The number of amides is 2. The van der Waals surface area contributed by atoms with Crippen molar-refractivity contribution in [1.82, 2.24) is 14.5 Å². The molecule has 12 heteroatoms. The molecule has 0 aliphatic rings. The molecule has 2 aromatic carbocycles. The number of carbonyl (C=O) groups is 2. The van der Waals surface area contributed by atoms with E-state index in [0.29, 0.717) is 17.1 Å². The van der Waals surface area contributed by atoms with E-state index >= 15 is 0 Å². The van der Waals surface area contributed by atoms with E-state index in [0.717, 1.165) is 20.7 Å². The second-order valence-corrected chi connectivity index (χ2v) is 11.7. The Morgan fingerprint density at radius 3 is 2.14 bits per heavy atom. The third kappa shape index (κ3) is 7.80. The first-order valence-electron chi connectivity index (χ1n) is 11.2. The molecule has 0 aliphatic heterocycles. The van der Waals surface area contributed by atoms with Crippen LogP contribution in [0.5, 0.6) is 0 Å². The van der Waals surface area contributed by atoms with Crippen molar-refractivity contribution >= 4 is 50.9 Å². The van der Waals surface area contributed by atoms with Crippen LogP contribution in [0.15, 0.2) is 42.5 Å². The van der Waals surface area contributed by atoms with E-state index in [-0.39, 0.29) is 29.1 Å². The Morgan fingerprint density at radius 2 is 1.61 bits per heavy atom. The first-order valence-corrected chi connectivity index (χ1v) is 13.4. The molecule has 1 N–H and O–H groups in total. The van der Waals surface area contributed by atoms with Gasteiger partial charge in [0.2, 0.25) is 11.8 Å². The van der Waals surface area contributed by atoms with Gasteiger partial charge in [0, 0.05) is 27.2 Å². The summed E-state index contributed by atoms with van der Waals surface area (Å²) in [6.07, 6.45) is 0. The van der Waals surface area contributed by atoms with Crippen molar-refractivity contribution in [3.63, 3.8) is 0 Å². The van der Waals surface area contributed by atoms with Gasteiger partial charge in [0.25, 0.3) is 0 Å². The minimum Gasteiger partial charge on any atom is -0.354 e. The summed E-state index contributed by atoms with van der Waals surface area (Å²) < 4.78 is 41.5. The lowest BCUT2D eigenvalue weighted by Gasteiger charge is -2.33. The number of rotatable bonds is 11. The number of carbonyl (C=O) groups excluding carboxylic acids is 2. The molecule has 36 heavy (non-hydrogen) atoms. The summed E-state index contributed by atoms with van der Waals surface area (Å²) in [4.78, 5) is 27.7. The molecule has 2 aromatic rings. The number of nitrogens with zero attached hydrogens (tertiary/aromatic N) is 3. The number of hydrogen-bond acceptors (Lipinski definition) is 4. The van der Waals surface area contributed by atoms with Gasteiger partial charge < -0.3 is 10.2 Å². The molecule has 0 aliphatic carbocycles. The zero-order valence-electron chi connectivity index (χ0n) is 20.8. The van der Waals surface area contributed by atoms with Gasteiger partial charge in [-0.2, -0.15) is 12.7 Å². The van der Waals surface area contributed by atoms with Crippen molar-refractivity contribution in [1.29, 1.82) is 0 Å². The Balaban J connectivity index is 2.45. The van der Waals surface area contributed by atoms with Crippen LogP contribution < -0.4 is 9.62 Å². The quantitative estimate of drug-likeness (QED) is 0.450. The van der Waals surface area contributed by atoms with Crippen molar-refractivity contribution in [2.45, 2.75) is 33.4 Å². The minimum atomic E-state index is -4.13. The maximum Gasteiger partial charge on any atom is 0.304 e. The van der Waals surface area contributed by atoms with Crippen LogP contribution in [0.2, 0.25) is 10.0 Å². The van der Waals surface area contributed by atoms with Gasteiger partial charge in [-0.3, -0.25) is 9.59 Å². The second-order valence-electron chi connectivity index (χ2n) is 8.86. The van der Waals surface area contributed by atoms with Crippen LogP contribution in [-0.4, -0.2) is 62.7 Å². The molecular weight excluding hydrogens is 530 g/mol. The first kappa shape index (κ1) is 29.8. The van der Waals surface area contributed by atoms with Gasteiger partial charge in [0.15, 0.2) is 0 Å². The number of nitrogens with one attached hydrogen (secondary N) is 1. The van der Waals surface area contributed by atoms with Crippen molar-refractivity contribution < 1.29 is 22.4 Å². The third-order valence-electron chi connectivity index (χ3n) is 5.32. The minimum absolute atomic E-state index is 0.0226. The molecule has 8 nitrogen and oxygen atoms in total. The Kier molecular flexibility index (Phi) is 10.5. The van der Waals surface area contributed by atoms with E-state index in [1.165, 1.54) is 31.1 Å². The number of anilines is 1. The van der Waals surface area contributed by atoms with Crippen LogP contribution in [0.25, 0.3) is 0 Å². The highest BCUT2D eigenvalue weighted by atomic mass is 35.5. The summed E-state index contributed by atoms with van der Waals surface area (Å²) in [5, 5.41) is 3.41. The summed E-state index contributed by atoms with van der Waals surface area (Å²) in [6.45, 7) is 5.22. The number of halogens is 3. The van der Waals surface area contributed by atoms with Gasteiger partial charge in [-0.1, -0.05) is 43.1 Å². The molecule has 0 bridgehead atoms. The van der Waals surface area contributed by atoms with Crippen LogP contribution in [-0.2, 0) is 26.3 Å². The lowest BCUT2D eigenvalue weighted by atomic mass is 10.1. The van der Waals surface area contributed by atoms with E-state index in [4.69, 9.17) is 23.2 Å². The molecule has 0 spiro atoms. The summed E-state index contributed by atoms with van der Waals surface area (Å²) in [5.41, 5.74) is 0.704. The molecule has 198 valence electrons. The Labute approximate surface area is 222 Å². The molecular formula is C24H31Cl2FN4O4S. The summed E-state index contributed by atoms with van der Waals surface area (Å²) >= 11 is 12.1. The van der Waals surface area contributed by atoms with E-state index in [1.54, 1.807) is 25.1 Å². The molecule has 0 saturated heterocycles. The average Bonchev–Trinajstić information content (AvgIpc) is 2.81. The fourth-order valence-corrected chi connectivity index (χ4v) is 4.57. The maximum absolute atomic E-state index is 13.6. The smallest absolute Gasteiger partial charge is 0.304 e. The highest BCUT2D eigenvalue weighted by Gasteiger charge is 2.32. The normalized spacial score (nSPS) is 12.5. The lowest BCUT2D eigenvalue weighted by molar-refractivity contribution is -0.139. The predicted molar refractivity (Wildman–Crippen MR) is 141 cm³/mol. The van der Waals surface area contributed by atoms with Gasteiger partial charge >= 0.3 is 10.2 Å². The van der Waals surface area contributed by atoms with Gasteiger partial charge in [-0.05, 0) is 54.8 Å². The molecule has 0 fully saturated rings. The Hall–Kier alpha value is -2.40. The van der Waals surface area contributed by atoms with Crippen molar-refractivity contribution in [3.8, 4) is 0 Å². The first-order chi connectivity index (χ1) is 16.7. The SMILES string of the molecule is CC(C)CNC(=O)[C@@H](C)N(Cc1ccc(Cl)c(Cl)c1)C(=O)CN(c1ccc(F)cc1)S(=O)(=O)N(C)C. The monoisotopic (exact) mass is 560 g/mol. The molecule has 0 unspecified atom stereocenters. The summed E-state index contributed by atoms with van der Waals surface area (Å²) in [5.74, 6) is -1.38. The van der Waals surface area contributed by atoms with Gasteiger partial charge in [-0.25, -0.2) is 8.70 Å². The van der Waals surface area contributed by atoms with E-state index in [1.807, 2.05) is 13.8 Å². The molecule has 0 saturated carbocycles. The largest absolute Gasteiger partial charge is 0.354 e. The Bertz CT molecular complexity index is 1180. The number of hydrogen-bond donors (Lipinski definition) is 1. The maximum atomic E-state index is 13.6. The summed E-state index contributed by atoms with van der Waals surface area (Å²) in [7, 11) is -1.48. The third-order valence-corrected chi connectivity index (χ3v) is 7.88. The summed E-state index contributed by atoms with van der Waals surface area (Å²) in [6, 6.07) is 8.65. The fourth-order valence-electron chi connectivity index (χ4n) is 3.19. The van der Waals surface area contributed by atoms with Crippen LogP contribution in [0.1, 0.15) is 26.3 Å². The highest BCUT2D eigenvalue weighted by Crippen LogP contribution is 2.25. The number of benzene rings is 2.